The number of H-pyrrole nitrogens is 1. The SMILES string of the molecule is CC(C)Cn1ncnc1CS(=O)(=O)c1ncc[nH]1. The Morgan fingerprint density at radius 3 is 2.78 bits per heavy atom. The molecule has 7 nitrogen and oxygen atoms in total. The number of imidazole rings is 1. The molecule has 1 N–H and O–H groups in total. The molecule has 0 amide bonds. The van der Waals surface area contributed by atoms with Crippen molar-refractivity contribution in [2.24, 2.45) is 5.92 Å². The van der Waals surface area contributed by atoms with Gasteiger partial charge in [0.25, 0.3) is 0 Å². The summed E-state index contributed by atoms with van der Waals surface area (Å²) in [5.74, 6) is 0.601. The van der Waals surface area contributed by atoms with Crippen molar-refractivity contribution in [2.45, 2.75) is 31.3 Å². The molecule has 0 saturated heterocycles. The van der Waals surface area contributed by atoms with E-state index >= 15 is 0 Å². The van der Waals surface area contributed by atoms with Crippen molar-refractivity contribution < 1.29 is 8.42 Å². The van der Waals surface area contributed by atoms with Gasteiger partial charge in [0.15, 0.2) is 0 Å². The molecule has 0 aliphatic carbocycles. The molecule has 2 heterocycles. The van der Waals surface area contributed by atoms with Crippen molar-refractivity contribution in [1.82, 2.24) is 24.7 Å². The van der Waals surface area contributed by atoms with E-state index in [-0.39, 0.29) is 10.9 Å². The summed E-state index contributed by atoms with van der Waals surface area (Å²) in [5, 5.41) is 3.99. The lowest BCUT2D eigenvalue weighted by Gasteiger charge is -2.08. The minimum absolute atomic E-state index is 0.0402. The Kier molecular flexibility index (Phi) is 3.46. The van der Waals surface area contributed by atoms with Gasteiger partial charge < -0.3 is 4.98 Å². The lowest BCUT2D eigenvalue weighted by atomic mass is 10.2. The molecule has 0 unspecified atom stereocenters. The van der Waals surface area contributed by atoms with Gasteiger partial charge in [0.2, 0.25) is 15.0 Å². The zero-order chi connectivity index (χ0) is 13.2. The van der Waals surface area contributed by atoms with Crippen LogP contribution in [0.5, 0.6) is 0 Å². The van der Waals surface area contributed by atoms with Crippen LogP contribution in [-0.2, 0) is 22.1 Å². The first-order valence-corrected chi connectivity index (χ1v) is 7.23. The normalized spacial score (nSPS) is 12.2. The van der Waals surface area contributed by atoms with Gasteiger partial charge in [0.1, 0.15) is 17.9 Å². The van der Waals surface area contributed by atoms with E-state index in [2.05, 4.69) is 20.1 Å². The van der Waals surface area contributed by atoms with Crippen molar-refractivity contribution in [2.75, 3.05) is 0 Å². The predicted molar refractivity (Wildman–Crippen MR) is 64.3 cm³/mol. The van der Waals surface area contributed by atoms with Crippen molar-refractivity contribution in [3.63, 3.8) is 0 Å². The number of nitrogens with zero attached hydrogens (tertiary/aromatic N) is 4. The van der Waals surface area contributed by atoms with Crippen LogP contribution in [0.4, 0.5) is 0 Å². The van der Waals surface area contributed by atoms with E-state index in [4.69, 9.17) is 0 Å². The first-order valence-electron chi connectivity index (χ1n) is 5.58. The third kappa shape index (κ3) is 2.76. The molecule has 2 rings (SSSR count). The van der Waals surface area contributed by atoms with Gasteiger partial charge >= 0.3 is 0 Å². The van der Waals surface area contributed by atoms with E-state index in [0.717, 1.165) is 0 Å². The summed E-state index contributed by atoms with van der Waals surface area (Å²) in [6, 6.07) is 0. The number of rotatable bonds is 5. The fourth-order valence-electron chi connectivity index (χ4n) is 1.56. The Bertz CT molecular complexity index is 600. The zero-order valence-corrected chi connectivity index (χ0v) is 11.1. The van der Waals surface area contributed by atoms with Gasteiger partial charge in [-0.25, -0.2) is 23.1 Å². The van der Waals surface area contributed by atoms with Crippen LogP contribution < -0.4 is 0 Å². The van der Waals surface area contributed by atoms with Crippen molar-refractivity contribution in [3.8, 4) is 0 Å². The average Bonchev–Trinajstić information content (AvgIpc) is 2.89. The molecule has 0 fully saturated rings. The van der Waals surface area contributed by atoms with Gasteiger partial charge in [0.05, 0.1) is 0 Å². The van der Waals surface area contributed by atoms with E-state index in [9.17, 15) is 8.42 Å². The second-order valence-corrected chi connectivity index (χ2v) is 6.31. The maximum absolute atomic E-state index is 12.0. The molecule has 0 aliphatic heterocycles. The van der Waals surface area contributed by atoms with E-state index in [1.165, 1.54) is 18.7 Å². The maximum atomic E-state index is 12.0. The highest BCUT2D eigenvalue weighted by Crippen LogP contribution is 2.11. The molecule has 98 valence electrons. The molecular weight excluding hydrogens is 254 g/mol. The van der Waals surface area contributed by atoms with E-state index in [0.29, 0.717) is 18.3 Å². The summed E-state index contributed by atoms with van der Waals surface area (Å²) in [7, 11) is -3.49. The maximum Gasteiger partial charge on any atom is 0.225 e. The van der Waals surface area contributed by atoms with Gasteiger partial charge in [-0.1, -0.05) is 13.8 Å². The summed E-state index contributed by atoms with van der Waals surface area (Å²) >= 11 is 0. The molecule has 2 aromatic rings. The fraction of sp³-hybridized carbons (Fsp3) is 0.500. The quantitative estimate of drug-likeness (QED) is 0.859. The molecule has 2 aromatic heterocycles. The minimum Gasteiger partial charge on any atom is -0.336 e. The first-order chi connectivity index (χ1) is 8.49. The number of sulfone groups is 1. The number of hydrogen-bond donors (Lipinski definition) is 1. The van der Waals surface area contributed by atoms with Crippen LogP contribution in [0, 0.1) is 5.92 Å². The third-order valence-electron chi connectivity index (χ3n) is 2.32. The van der Waals surface area contributed by atoms with Crippen LogP contribution in [0.25, 0.3) is 0 Å². The van der Waals surface area contributed by atoms with Gasteiger partial charge in [-0.15, -0.1) is 0 Å². The molecule has 0 atom stereocenters. The Morgan fingerprint density at radius 1 is 1.39 bits per heavy atom. The highest BCUT2D eigenvalue weighted by molar-refractivity contribution is 7.90. The van der Waals surface area contributed by atoms with Crippen LogP contribution in [0.1, 0.15) is 19.7 Å². The largest absolute Gasteiger partial charge is 0.336 e. The number of nitrogens with one attached hydrogen (secondary N) is 1. The summed E-state index contributed by atoms with van der Waals surface area (Å²) in [6.45, 7) is 4.71. The summed E-state index contributed by atoms with van der Waals surface area (Å²) < 4.78 is 25.7. The molecular formula is C10H15N5O2S. The molecule has 0 aromatic carbocycles. The molecule has 0 radical (unpaired) electrons. The Hall–Kier alpha value is -1.70. The standard InChI is InChI=1S/C10H15N5O2S/c1-8(2)5-15-9(13-7-14-15)6-18(16,17)10-11-3-4-12-10/h3-4,7-8H,5-6H2,1-2H3,(H,11,12). The Balaban J connectivity index is 2.22. The number of aromatic amines is 1. The molecule has 0 aliphatic rings. The lowest BCUT2D eigenvalue weighted by Crippen LogP contribution is -2.15. The zero-order valence-electron chi connectivity index (χ0n) is 10.2. The number of aromatic nitrogens is 5. The smallest absolute Gasteiger partial charge is 0.225 e. The molecule has 0 spiro atoms. The van der Waals surface area contributed by atoms with Crippen molar-refractivity contribution in [3.05, 3.63) is 24.5 Å². The van der Waals surface area contributed by atoms with Gasteiger partial charge in [-0.05, 0) is 5.92 Å². The van der Waals surface area contributed by atoms with Crippen LogP contribution in [0.2, 0.25) is 0 Å². The van der Waals surface area contributed by atoms with Gasteiger partial charge in [0, 0.05) is 18.9 Å². The second-order valence-electron chi connectivity index (χ2n) is 4.41. The number of hydrogen-bond acceptors (Lipinski definition) is 5. The predicted octanol–water partition coefficient (Wildman–Crippen LogP) is 0.631. The van der Waals surface area contributed by atoms with Gasteiger partial charge in [-0.2, -0.15) is 5.10 Å². The summed E-state index contributed by atoms with van der Waals surface area (Å²) in [4.78, 5) is 10.3. The monoisotopic (exact) mass is 269 g/mol. The Morgan fingerprint density at radius 2 is 2.17 bits per heavy atom. The molecule has 8 heteroatoms. The van der Waals surface area contributed by atoms with Crippen LogP contribution in [0.15, 0.2) is 23.9 Å². The molecule has 0 bridgehead atoms. The Labute approximate surface area is 105 Å². The highest BCUT2D eigenvalue weighted by atomic mass is 32.2. The van der Waals surface area contributed by atoms with Crippen LogP contribution in [0.3, 0.4) is 0 Å². The van der Waals surface area contributed by atoms with E-state index < -0.39 is 9.84 Å². The van der Waals surface area contributed by atoms with Gasteiger partial charge in [-0.3, -0.25) is 0 Å². The first kappa shape index (κ1) is 12.7. The average molecular weight is 269 g/mol. The fourth-order valence-corrected chi connectivity index (χ4v) is 2.73. The minimum atomic E-state index is -3.49. The van der Waals surface area contributed by atoms with Crippen LogP contribution >= 0.6 is 0 Å². The summed E-state index contributed by atoms with van der Waals surface area (Å²) in [5.41, 5.74) is 0. The van der Waals surface area contributed by atoms with Crippen molar-refractivity contribution >= 4 is 9.84 Å². The second kappa shape index (κ2) is 4.89. The van der Waals surface area contributed by atoms with E-state index in [1.54, 1.807) is 4.68 Å². The molecule has 0 saturated carbocycles. The summed E-state index contributed by atoms with van der Waals surface area (Å²) in [6.07, 6.45) is 4.26. The highest BCUT2D eigenvalue weighted by Gasteiger charge is 2.21. The van der Waals surface area contributed by atoms with Crippen LogP contribution in [-0.4, -0.2) is 33.2 Å². The topological polar surface area (TPSA) is 93.5 Å². The third-order valence-corrected chi connectivity index (χ3v) is 3.77. The lowest BCUT2D eigenvalue weighted by molar-refractivity contribution is 0.469. The molecule has 18 heavy (non-hydrogen) atoms. The van der Waals surface area contributed by atoms with Crippen molar-refractivity contribution in [1.29, 1.82) is 0 Å². The van der Waals surface area contributed by atoms with E-state index in [1.807, 2.05) is 13.8 Å².